The summed E-state index contributed by atoms with van der Waals surface area (Å²) in [5, 5.41) is 5.32. The van der Waals surface area contributed by atoms with E-state index < -0.39 is 0 Å². The highest BCUT2D eigenvalue weighted by Gasteiger charge is 2.07. The Balaban J connectivity index is 1.58. The summed E-state index contributed by atoms with van der Waals surface area (Å²) in [6.45, 7) is 3.90. The van der Waals surface area contributed by atoms with E-state index in [4.69, 9.17) is 10.5 Å². The Morgan fingerprint density at radius 3 is 2.64 bits per heavy atom. The molecule has 5 nitrogen and oxygen atoms in total. The van der Waals surface area contributed by atoms with Crippen molar-refractivity contribution < 1.29 is 9.53 Å². The van der Waals surface area contributed by atoms with Crippen LogP contribution in [0.4, 0.5) is 10.8 Å². The number of nitrogens with two attached hydrogens (primary N) is 1. The van der Waals surface area contributed by atoms with Crippen LogP contribution in [0, 0.1) is 13.8 Å². The SMILES string of the molecule is Cc1ccc(C)c(NC(=O)COc2ccc(-c3csc(N)n3)cc2)c1. The van der Waals surface area contributed by atoms with E-state index in [0.29, 0.717) is 10.9 Å². The number of carbonyl (C=O) groups is 1. The van der Waals surface area contributed by atoms with Crippen molar-refractivity contribution in [1.29, 1.82) is 0 Å². The molecule has 0 radical (unpaired) electrons. The molecule has 25 heavy (non-hydrogen) atoms. The van der Waals surface area contributed by atoms with Gasteiger partial charge in [0, 0.05) is 16.6 Å². The number of aryl methyl sites for hydroxylation is 2. The van der Waals surface area contributed by atoms with Crippen LogP contribution in [0.15, 0.2) is 47.8 Å². The van der Waals surface area contributed by atoms with Crippen LogP contribution in [0.3, 0.4) is 0 Å². The van der Waals surface area contributed by atoms with Crippen LogP contribution in [0.1, 0.15) is 11.1 Å². The number of nitrogens with one attached hydrogen (secondary N) is 1. The lowest BCUT2D eigenvalue weighted by atomic mass is 10.1. The second-order valence-corrected chi connectivity index (χ2v) is 6.64. The van der Waals surface area contributed by atoms with Gasteiger partial charge in [0.1, 0.15) is 5.75 Å². The molecule has 3 aromatic rings. The molecule has 0 atom stereocenters. The normalized spacial score (nSPS) is 10.5. The van der Waals surface area contributed by atoms with Gasteiger partial charge in [-0.1, -0.05) is 12.1 Å². The van der Waals surface area contributed by atoms with Crippen LogP contribution in [0.5, 0.6) is 5.75 Å². The number of carbonyl (C=O) groups excluding carboxylic acids is 1. The van der Waals surface area contributed by atoms with Gasteiger partial charge in [-0.3, -0.25) is 4.79 Å². The molecule has 1 heterocycles. The maximum absolute atomic E-state index is 12.1. The largest absolute Gasteiger partial charge is 0.484 e. The number of hydrogen-bond acceptors (Lipinski definition) is 5. The molecule has 3 rings (SSSR count). The summed E-state index contributed by atoms with van der Waals surface area (Å²) < 4.78 is 5.55. The number of benzene rings is 2. The number of thiazole rings is 1. The average Bonchev–Trinajstić information content (AvgIpc) is 3.03. The molecule has 0 fully saturated rings. The minimum absolute atomic E-state index is 0.0453. The zero-order valence-electron chi connectivity index (χ0n) is 14.1. The Bertz CT molecular complexity index is 888. The van der Waals surface area contributed by atoms with Gasteiger partial charge in [-0.2, -0.15) is 0 Å². The Morgan fingerprint density at radius 1 is 1.20 bits per heavy atom. The number of nitrogen functional groups attached to an aromatic ring is 1. The van der Waals surface area contributed by atoms with E-state index in [-0.39, 0.29) is 12.5 Å². The predicted molar refractivity (Wildman–Crippen MR) is 102 cm³/mol. The van der Waals surface area contributed by atoms with Gasteiger partial charge in [0.05, 0.1) is 5.69 Å². The Hall–Kier alpha value is -2.86. The summed E-state index contributed by atoms with van der Waals surface area (Å²) in [6, 6.07) is 13.4. The fourth-order valence-electron chi connectivity index (χ4n) is 2.35. The Kier molecular flexibility index (Phi) is 5.00. The highest BCUT2D eigenvalue weighted by Crippen LogP contribution is 2.25. The molecule has 1 amide bonds. The third-order valence-corrected chi connectivity index (χ3v) is 4.38. The van der Waals surface area contributed by atoms with E-state index in [1.807, 2.05) is 61.7 Å². The summed E-state index contributed by atoms with van der Waals surface area (Å²) in [5.41, 5.74) is 10.4. The molecule has 0 spiro atoms. The molecule has 3 N–H and O–H groups in total. The molecule has 1 aromatic heterocycles. The summed E-state index contributed by atoms with van der Waals surface area (Å²) in [7, 11) is 0. The monoisotopic (exact) mass is 353 g/mol. The molecule has 0 unspecified atom stereocenters. The first-order valence-electron chi connectivity index (χ1n) is 7.82. The van der Waals surface area contributed by atoms with E-state index in [1.54, 1.807) is 0 Å². The van der Waals surface area contributed by atoms with Crippen molar-refractivity contribution in [1.82, 2.24) is 4.98 Å². The first-order valence-corrected chi connectivity index (χ1v) is 8.70. The van der Waals surface area contributed by atoms with Crippen molar-refractivity contribution in [2.24, 2.45) is 0 Å². The van der Waals surface area contributed by atoms with Gasteiger partial charge in [0.15, 0.2) is 11.7 Å². The predicted octanol–water partition coefficient (Wildman–Crippen LogP) is 4.03. The number of nitrogens with zero attached hydrogens (tertiary/aromatic N) is 1. The lowest BCUT2D eigenvalue weighted by Gasteiger charge is -2.10. The minimum atomic E-state index is -0.190. The van der Waals surface area contributed by atoms with Crippen molar-refractivity contribution in [3.05, 3.63) is 59.0 Å². The fraction of sp³-hybridized carbons (Fsp3) is 0.158. The van der Waals surface area contributed by atoms with E-state index in [0.717, 1.165) is 28.1 Å². The zero-order valence-corrected chi connectivity index (χ0v) is 14.9. The number of rotatable bonds is 5. The van der Waals surface area contributed by atoms with Gasteiger partial charge in [0.2, 0.25) is 0 Å². The van der Waals surface area contributed by atoms with E-state index in [1.165, 1.54) is 11.3 Å². The molecule has 0 aliphatic carbocycles. The van der Waals surface area contributed by atoms with Crippen molar-refractivity contribution in [3.8, 4) is 17.0 Å². The third-order valence-electron chi connectivity index (χ3n) is 3.71. The molecule has 0 saturated heterocycles. The van der Waals surface area contributed by atoms with Gasteiger partial charge in [-0.05, 0) is 55.3 Å². The minimum Gasteiger partial charge on any atom is -0.484 e. The van der Waals surface area contributed by atoms with E-state index >= 15 is 0 Å². The third kappa shape index (κ3) is 4.36. The van der Waals surface area contributed by atoms with Gasteiger partial charge in [0.25, 0.3) is 5.91 Å². The lowest BCUT2D eigenvalue weighted by molar-refractivity contribution is -0.118. The highest BCUT2D eigenvalue weighted by molar-refractivity contribution is 7.13. The topological polar surface area (TPSA) is 77.2 Å². The standard InChI is InChI=1S/C19H19N3O2S/c1-12-3-4-13(2)16(9-12)21-18(23)10-24-15-7-5-14(6-8-15)17-11-25-19(20)22-17/h3-9,11H,10H2,1-2H3,(H2,20,22)(H,21,23). The van der Waals surface area contributed by atoms with Crippen LogP contribution in [0.25, 0.3) is 11.3 Å². The van der Waals surface area contributed by atoms with Gasteiger partial charge < -0.3 is 15.8 Å². The van der Waals surface area contributed by atoms with E-state index in [2.05, 4.69) is 10.3 Å². The first kappa shape index (κ1) is 17.0. The molecule has 0 aliphatic heterocycles. The van der Waals surface area contributed by atoms with Crippen LogP contribution >= 0.6 is 11.3 Å². The number of ether oxygens (including phenoxy) is 1. The van der Waals surface area contributed by atoms with Crippen LogP contribution in [-0.2, 0) is 4.79 Å². The van der Waals surface area contributed by atoms with Gasteiger partial charge in [-0.25, -0.2) is 4.98 Å². The van der Waals surface area contributed by atoms with Crippen molar-refractivity contribution >= 4 is 28.1 Å². The van der Waals surface area contributed by atoms with Crippen LogP contribution in [0.2, 0.25) is 0 Å². The first-order chi connectivity index (χ1) is 12.0. The molecule has 6 heteroatoms. The number of hydrogen-bond donors (Lipinski definition) is 2. The average molecular weight is 353 g/mol. The summed E-state index contributed by atoms with van der Waals surface area (Å²) in [4.78, 5) is 16.3. The lowest BCUT2D eigenvalue weighted by Crippen LogP contribution is -2.20. The fourth-order valence-corrected chi connectivity index (χ4v) is 2.92. The number of aromatic nitrogens is 1. The Morgan fingerprint density at radius 2 is 1.96 bits per heavy atom. The van der Waals surface area contributed by atoms with Crippen molar-refractivity contribution in [2.75, 3.05) is 17.7 Å². The Labute approximate surface area is 150 Å². The summed E-state index contributed by atoms with van der Waals surface area (Å²) >= 11 is 1.40. The summed E-state index contributed by atoms with van der Waals surface area (Å²) in [6.07, 6.45) is 0. The van der Waals surface area contributed by atoms with Gasteiger partial charge >= 0.3 is 0 Å². The number of amides is 1. The van der Waals surface area contributed by atoms with Crippen molar-refractivity contribution in [3.63, 3.8) is 0 Å². The van der Waals surface area contributed by atoms with E-state index in [9.17, 15) is 4.79 Å². The van der Waals surface area contributed by atoms with Crippen LogP contribution < -0.4 is 15.8 Å². The maximum atomic E-state index is 12.1. The van der Waals surface area contributed by atoms with Crippen LogP contribution in [-0.4, -0.2) is 17.5 Å². The molecule has 0 bridgehead atoms. The number of anilines is 2. The molecule has 0 saturated carbocycles. The second kappa shape index (κ2) is 7.36. The molecule has 128 valence electrons. The zero-order chi connectivity index (χ0) is 17.8. The summed E-state index contributed by atoms with van der Waals surface area (Å²) in [5.74, 6) is 0.438. The highest BCUT2D eigenvalue weighted by atomic mass is 32.1. The second-order valence-electron chi connectivity index (χ2n) is 5.75. The maximum Gasteiger partial charge on any atom is 0.262 e. The van der Waals surface area contributed by atoms with Gasteiger partial charge in [-0.15, -0.1) is 11.3 Å². The molecular formula is C19H19N3O2S. The molecule has 2 aromatic carbocycles. The molecule has 0 aliphatic rings. The quantitative estimate of drug-likeness (QED) is 0.726. The smallest absolute Gasteiger partial charge is 0.262 e. The van der Waals surface area contributed by atoms with Crippen molar-refractivity contribution in [2.45, 2.75) is 13.8 Å². The molecular weight excluding hydrogens is 334 g/mol.